The van der Waals surface area contributed by atoms with Crippen LogP contribution >= 0.6 is 23.5 Å². The lowest BCUT2D eigenvalue weighted by atomic mass is 10.1. The van der Waals surface area contributed by atoms with Crippen LogP contribution in [0.15, 0.2) is 11.6 Å². The van der Waals surface area contributed by atoms with Crippen LogP contribution < -0.4 is 0 Å². The molecule has 0 aromatic rings. The lowest BCUT2D eigenvalue weighted by Crippen LogP contribution is -2.08. The van der Waals surface area contributed by atoms with E-state index in [2.05, 4.69) is 39.4 Å². The van der Waals surface area contributed by atoms with Crippen LogP contribution in [-0.4, -0.2) is 17.1 Å². The van der Waals surface area contributed by atoms with Crippen molar-refractivity contribution >= 4 is 23.5 Å². The summed E-state index contributed by atoms with van der Waals surface area (Å²) < 4.78 is 0.769. The molecule has 13 heavy (non-hydrogen) atoms. The van der Waals surface area contributed by atoms with Crippen LogP contribution in [0.5, 0.6) is 0 Å². The smallest absolute Gasteiger partial charge is 0.0522 e. The van der Waals surface area contributed by atoms with Crippen molar-refractivity contribution in [2.45, 2.75) is 38.2 Å². The van der Waals surface area contributed by atoms with Gasteiger partial charge in [0.15, 0.2) is 0 Å². The van der Waals surface area contributed by atoms with Gasteiger partial charge in [-0.15, -0.1) is 0 Å². The summed E-state index contributed by atoms with van der Waals surface area (Å²) in [6.07, 6.45) is 9.31. The van der Waals surface area contributed by atoms with E-state index in [1.807, 2.05) is 23.5 Å². The molecule has 0 saturated carbocycles. The molecule has 0 aliphatic rings. The number of rotatable bonds is 6. The van der Waals surface area contributed by atoms with Crippen molar-refractivity contribution in [3.05, 3.63) is 11.6 Å². The second-order valence-electron chi connectivity index (χ2n) is 3.68. The standard InChI is InChI=1S/C11H22S2/c1-9(2)7-6-8-10(3)11(12-4)13-5/h7,10-11H,6,8H2,1-5H3. The Labute approximate surface area is 91.9 Å². The second kappa shape index (κ2) is 7.81. The summed E-state index contributed by atoms with van der Waals surface area (Å²) >= 11 is 3.96. The van der Waals surface area contributed by atoms with Gasteiger partial charge in [-0.1, -0.05) is 18.6 Å². The van der Waals surface area contributed by atoms with Gasteiger partial charge in [0.05, 0.1) is 4.58 Å². The molecule has 0 bridgehead atoms. The molecule has 0 spiro atoms. The average Bonchev–Trinajstić information content (AvgIpc) is 2.05. The highest BCUT2D eigenvalue weighted by molar-refractivity contribution is 8.16. The maximum atomic E-state index is 2.36. The third-order valence-electron chi connectivity index (χ3n) is 2.10. The fourth-order valence-electron chi connectivity index (χ4n) is 1.33. The van der Waals surface area contributed by atoms with E-state index in [0.29, 0.717) is 0 Å². The second-order valence-corrected chi connectivity index (χ2v) is 5.93. The van der Waals surface area contributed by atoms with Gasteiger partial charge < -0.3 is 0 Å². The SMILES string of the molecule is CSC(SC)C(C)CCC=C(C)C. The summed E-state index contributed by atoms with van der Waals surface area (Å²) in [6, 6.07) is 0. The summed E-state index contributed by atoms with van der Waals surface area (Å²) in [6.45, 7) is 6.70. The van der Waals surface area contributed by atoms with E-state index in [1.165, 1.54) is 18.4 Å². The van der Waals surface area contributed by atoms with E-state index < -0.39 is 0 Å². The molecule has 0 rings (SSSR count). The first-order valence-corrected chi connectivity index (χ1v) is 7.38. The Morgan fingerprint density at radius 2 is 1.77 bits per heavy atom. The minimum atomic E-state index is 0.769. The Morgan fingerprint density at radius 3 is 2.15 bits per heavy atom. The molecule has 0 amide bonds. The third-order valence-corrected chi connectivity index (χ3v) is 5.12. The monoisotopic (exact) mass is 218 g/mol. The van der Waals surface area contributed by atoms with Gasteiger partial charge in [0.1, 0.15) is 0 Å². The Kier molecular flexibility index (Phi) is 8.07. The van der Waals surface area contributed by atoms with E-state index in [4.69, 9.17) is 0 Å². The Bertz CT molecular complexity index is 144. The molecule has 0 fully saturated rings. The molecule has 0 heterocycles. The van der Waals surface area contributed by atoms with Crippen molar-refractivity contribution in [2.75, 3.05) is 12.5 Å². The van der Waals surface area contributed by atoms with Gasteiger partial charge in [-0.3, -0.25) is 0 Å². The minimum absolute atomic E-state index is 0.769. The normalized spacial score (nSPS) is 13.1. The molecule has 2 heteroatoms. The van der Waals surface area contributed by atoms with Gasteiger partial charge in [0, 0.05) is 0 Å². The largest absolute Gasteiger partial charge is 0.151 e. The molecule has 0 aromatic heterocycles. The van der Waals surface area contributed by atoms with E-state index >= 15 is 0 Å². The number of hydrogen-bond donors (Lipinski definition) is 0. The highest BCUT2D eigenvalue weighted by atomic mass is 32.2. The Hall–Kier alpha value is 0.440. The van der Waals surface area contributed by atoms with Crippen LogP contribution in [0, 0.1) is 5.92 Å². The van der Waals surface area contributed by atoms with Crippen LogP contribution in [0.2, 0.25) is 0 Å². The number of allylic oxidation sites excluding steroid dienone is 2. The van der Waals surface area contributed by atoms with Crippen LogP contribution in [-0.2, 0) is 0 Å². The summed E-state index contributed by atoms with van der Waals surface area (Å²) in [7, 11) is 0. The Balaban J connectivity index is 3.72. The van der Waals surface area contributed by atoms with E-state index in [0.717, 1.165) is 10.5 Å². The van der Waals surface area contributed by atoms with Crippen molar-refractivity contribution in [3.8, 4) is 0 Å². The fourth-order valence-corrected chi connectivity index (χ4v) is 3.30. The van der Waals surface area contributed by atoms with Crippen molar-refractivity contribution in [3.63, 3.8) is 0 Å². The molecule has 0 saturated heterocycles. The van der Waals surface area contributed by atoms with Crippen LogP contribution in [0.1, 0.15) is 33.6 Å². The van der Waals surface area contributed by atoms with Crippen molar-refractivity contribution in [1.29, 1.82) is 0 Å². The highest BCUT2D eigenvalue weighted by Crippen LogP contribution is 2.29. The van der Waals surface area contributed by atoms with Crippen LogP contribution in [0.3, 0.4) is 0 Å². The number of thioether (sulfide) groups is 2. The first-order chi connectivity index (χ1) is 6.11. The van der Waals surface area contributed by atoms with Crippen LogP contribution in [0.4, 0.5) is 0 Å². The predicted octanol–water partition coefficient (Wildman–Crippen LogP) is 4.42. The molecular weight excluding hydrogens is 196 g/mol. The number of hydrogen-bond acceptors (Lipinski definition) is 2. The molecule has 0 N–H and O–H groups in total. The third kappa shape index (κ3) is 6.50. The molecule has 0 aromatic carbocycles. The molecule has 0 nitrogen and oxygen atoms in total. The van der Waals surface area contributed by atoms with Crippen molar-refractivity contribution in [2.24, 2.45) is 5.92 Å². The van der Waals surface area contributed by atoms with Crippen molar-refractivity contribution in [1.82, 2.24) is 0 Å². The maximum absolute atomic E-state index is 2.36. The fraction of sp³-hybridized carbons (Fsp3) is 0.818. The van der Waals surface area contributed by atoms with E-state index in [1.54, 1.807) is 0 Å². The maximum Gasteiger partial charge on any atom is 0.0522 e. The first-order valence-electron chi connectivity index (χ1n) is 4.80. The van der Waals surface area contributed by atoms with E-state index in [-0.39, 0.29) is 0 Å². The zero-order valence-electron chi connectivity index (χ0n) is 9.46. The quantitative estimate of drug-likeness (QED) is 0.478. The molecule has 0 aliphatic carbocycles. The average molecular weight is 218 g/mol. The Morgan fingerprint density at radius 1 is 1.23 bits per heavy atom. The molecule has 1 unspecified atom stereocenters. The molecule has 78 valence electrons. The predicted molar refractivity (Wildman–Crippen MR) is 68.6 cm³/mol. The molecule has 0 aliphatic heterocycles. The summed E-state index contributed by atoms with van der Waals surface area (Å²) in [5.41, 5.74) is 1.44. The molecule has 1 atom stereocenters. The highest BCUT2D eigenvalue weighted by Gasteiger charge is 2.13. The first kappa shape index (κ1) is 13.4. The zero-order valence-corrected chi connectivity index (χ0v) is 11.1. The van der Waals surface area contributed by atoms with Gasteiger partial charge in [-0.2, -0.15) is 23.5 Å². The van der Waals surface area contributed by atoms with Gasteiger partial charge in [0.2, 0.25) is 0 Å². The van der Waals surface area contributed by atoms with Crippen LogP contribution in [0.25, 0.3) is 0 Å². The van der Waals surface area contributed by atoms with Gasteiger partial charge in [0.25, 0.3) is 0 Å². The van der Waals surface area contributed by atoms with E-state index in [9.17, 15) is 0 Å². The lowest BCUT2D eigenvalue weighted by molar-refractivity contribution is 0.584. The summed E-state index contributed by atoms with van der Waals surface area (Å²) in [5.74, 6) is 0.820. The van der Waals surface area contributed by atoms with Crippen molar-refractivity contribution < 1.29 is 0 Å². The zero-order chi connectivity index (χ0) is 10.3. The van der Waals surface area contributed by atoms with Gasteiger partial charge in [-0.25, -0.2) is 0 Å². The molecule has 0 radical (unpaired) electrons. The summed E-state index contributed by atoms with van der Waals surface area (Å²) in [4.78, 5) is 0. The summed E-state index contributed by atoms with van der Waals surface area (Å²) in [5, 5.41) is 0. The van der Waals surface area contributed by atoms with Gasteiger partial charge in [-0.05, 0) is 45.1 Å². The topological polar surface area (TPSA) is 0 Å². The van der Waals surface area contributed by atoms with Gasteiger partial charge >= 0.3 is 0 Å². The lowest BCUT2D eigenvalue weighted by Gasteiger charge is -2.19. The minimum Gasteiger partial charge on any atom is -0.151 e. The molecular formula is C11H22S2.